The van der Waals surface area contributed by atoms with Crippen LogP contribution in [-0.2, 0) is 0 Å². The van der Waals surface area contributed by atoms with Gasteiger partial charge in [-0.15, -0.1) is 0 Å². The van der Waals surface area contributed by atoms with Crippen LogP contribution in [0.1, 0.15) is 10.4 Å². The van der Waals surface area contributed by atoms with Crippen LogP contribution in [0.3, 0.4) is 0 Å². The van der Waals surface area contributed by atoms with Crippen LogP contribution in [0.25, 0.3) is 0 Å². The maximum Gasteiger partial charge on any atom is 0.253 e. The lowest BCUT2D eigenvalue weighted by Crippen LogP contribution is -2.21. The second kappa shape index (κ2) is 3.94. The summed E-state index contributed by atoms with van der Waals surface area (Å²) in [6.45, 7) is 0. The third kappa shape index (κ3) is 2.21. The van der Waals surface area contributed by atoms with E-state index >= 15 is 0 Å². The lowest BCUT2D eigenvalue weighted by molar-refractivity contribution is 0.0827. The molecule has 0 unspecified atom stereocenters. The first-order chi connectivity index (χ1) is 6.15. The van der Waals surface area contributed by atoms with Crippen molar-refractivity contribution in [1.29, 1.82) is 0 Å². The summed E-state index contributed by atoms with van der Waals surface area (Å²) in [4.78, 5) is 13.0. The summed E-state index contributed by atoms with van der Waals surface area (Å²) in [5.74, 6) is 0.687. The van der Waals surface area contributed by atoms with Crippen LogP contribution in [0.5, 0.6) is 5.75 Å². The maximum atomic E-state index is 11.5. The quantitative estimate of drug-likeness (QED) is 0.686. The van der Waals surface area contributed by atoms with Crippen LogP contribution in [0, 0.1) is 0 Å². The fourth-order valence-electron chi connectivity index (χ4n) is 1.01. The first-order valence-electron chi connectivity index (χ1n) is 4.01. The first-order valence-corrected chi connectivity index (χ1v) is 4.01. The molecule has 0 saturated carbocycles. The number of methoxy groups -OCH3 is 1. The second-order valence-electron chi connectivity index (χ2n) is 2.93. The van der Waals surface area contributed by atoms with E-state index in [4.69, 9.17) is 4.74 Å². The molecule has 0 saturated heterocycles. The van der Waals surface area contributed by atoms with E-state index in [1.165, 1.54) is 4.90 Å². The van der Waals surface area contributed by atoms with Crippen molar-refractivity contribution in [2.75, 3.05) is 21.2 Å². The molecule has 1 amide bonds. The minimum atomic E-state index is -0.0149. The van der Waals surface area contributed by atoms with E-state index in [1.54, 1.807) is 39.4 Å². The summed E-state index contributed by atoms with van der Waals surface area (Å²) in [6.07, 6.45) is 0. The Morgan fingerprint density at radius 3 is 2.62 bits per heavy atom. The van der Waals surface area contributed by atoms with E-state index in [-0.39, 0.29) is 5.91 Å². The number of carbonyl (C=O) groups excluding carboxylic acids is 1. The van der Waals surface area contributed by atoms with Gasteiger partial charge in [-0.05, 0) is 18.2 Å². The van der Waals surface area contributed by atoms with Crippen molar-refractivity contribution < 1.29 is 9.53 Å². The summed E-state index contributed by atoms with van der Waals surface area (Å²) < 4.78 is 5.01. The molecule has 1 aromatic carbocycles. The van der Waals surface area contributed by atoms with Gasteiger partial charge in [0, 0.05) is 19.7 Å². The summed E-state index contributed by atoms with van der Waals surface area (Å²) >= 11 is 0. The fourth-order valence-corrected chi connectivity index (χ4v) is 1.01. The number of ether oxygens (including phenoxy) is 1. The summed E-state index contributed by atoms with van der Waals surface area (Å²) in [5.41, 5.74) is 0.643. The van der Waals surface area contributed by atoms with Gasteiger partial charge in [0.25, 0.3) is 5.91 Å². The molecule has 0 aliphatic carbocycles. The van der Waals surface area contributed by atoms with Gasteiger partial charge in [-0.25, -0.2) is 0 Å². The van der Waals surface area contributed by atoms with E-state index in [9.17, 15) is 4.79 Å². The first kappa shape index (κ1) is 9.58. The highest BCUT2D eigenvalue weighted by Crippen LogP contribution is 2.13. The molecule has 13 heavy (non-hydrogen) atoms. The Bertz CT molecular complexity index is 308. The van der Waals surface area contributed by atoms with Crippen LogP contribution in [0.4, 0.5) is 0 Å². The highest BCUT2D eigenvalue weighted by atomic mass is 16.5. The SMILES string of the molecule is COc1cccc(C(=O)N(C)C)c1. The number of amides is 1. The molecule has 0 radical (unpaired) electrons. The van der Waals surface area contributed by atoms with Crippen LogP contribution in [0.15, 0.2) is 24.3 Å². The van der Waals surface area contributed by atoms with Crippen molar-refractivity contribution >= 4 is 5.91 Å². The van der Waals surface area contributed by atoms with E-state index in [2.05, 4.69) is 0 Å². The molecular formula is C10H13NO2. The number of carbonyl (C=O) groups is 1. The molecule has 3 heteroatoms. The molecule has 0 N–H and O–H groups in total. The van der Waals surface area contributed by atoms with Gasteiger partial charge in [0.1, 0.15) is 5.75 Å². The largest absolute Gasteiger partial charge is 0.497 e. The van der Waals surface area contributed by atoms with Crippen molar-refractivity contribution in [1.82, 2.24) is 4.90 Å². The molecule has 0 fully saturated rings. The normalized spacial score (nSPS) is 9.46. The monoisotopic (exact) mass is 179 g/mol. The molecule has 0 spiro atoms. The molecule has 0 atom stereocenters. The predicted molar refractivity (Wildman–Crippen MR) is 51.0 cm³/mol. The smallest absolute Gasteiger partial charge is 0.253 e. The zero-order valence-electron chi connectivity index (χ0n) is 8.07. The van der Waals surface area contributed by atoms with Crippen LogP contribution < -0.4 is 4.74 Å². The molecule has 0 aromatic heterocycles. The Balaban J connectivity index is 2.95. The van der Waals surface area contributed by atoms with Gasteiger partial charge in [0.05, 0.1) is 7.11 Å². The zero-order chi connectivity index (χ0) is 9.84. The lowest BCUT2D eigenvalue weighted by Gasteiger charge is -2.10. The van der Waals surface area contributed by atoms with Gasteiger partial charge < -0.3 is 9.64 Å². The number of hydrogen-bond acceptors (Lipinski definition) is 2. The van der Waals surface area contributed by atoms with Crippen molar-refractivity contribution in [3.8, 4) is 5.75 Å². The molecule has 0 aliphatic heterocycles. The average molecular weight is 179 g/mol. The van der Waals surface area contributed by atoms with Crippen LogP contribution in [0.2, 0.25) is 0 Å². The Hall–Kier alpha value is -1.51. The third-order valence-electron chi connectivity index (χ3n) is 1.72. The van der Waals surface area contributed by atoms with Gasteiger partial charge in [-0.2, -0.15) is 0 Å². The highest BCUT2D eigenvalue weighted by Gasteiger charge is 2.07. The van der Waals surface area contributed by atoms with E-state index < -0.39 is 0 Å². The second-order valence-corrected chi connectivity index (χ2v) is 2.93. The fraction of sp³-hybridized carbons (Fsp3) is 0.300. The van der Waals surface area contributed by atoms with Gasteiger partial charge in [-0.1, -0.05) is 6.07 Å². The summed E-state index contributed by atoms with van der Waals surface area (Å²) in [5, 5.41) is 0. The van der Waals surface area contributed by atoms with E-state index in [0.29, 0.717) is 11.3 Å². The lowest BCUT2D eigenvalue weighted by atomic mass is 10.2. The zero-order valence-corrected chi connectivity index (χ0v) is 8.07. The highest BCUT2D eigenvalue weighted by molar-refractivity contribution is 5.94. The number of rotatable bonds is 2. The maximum absolute atomic E-state index is 11.5. The van der Waals surface area contributed by atoms with Gasteiger partial charge >= 0.3 is 0 Å². The Kier molecular flexibility index (Phi) is 2.90. The third-order valence-corrected chi connectivity index (χ3v) is 1.72. The molecule has 1 aromatic rings. The van der Waals surface area contributed by atoms with Crippen LogP contribution in [-0.4, -0.2) is 32.0 Å². The van der Waals surface area contributed by atoms with Crippen molar-refractivity contribution in [3.05, 3.63) is 29.8 Å². The van der Waals surface area contributed by atoms with Crippen LogP contribution >= 0.6 is 0 Å². The molecule has 1 rings (SSSR count). The minimum absolute atomic E-state index is 0.0149. The van der Waals surface area contributed by atoms with Crippen molar-refractivity contribution in [2.45, 2.75) is 0 Å². The average Bonchev–Trinajstić information content (AvgIpc) is 2.16. The van der Waals surface area contributed by atoms with E-state index in [1.807, 2.05) is 6.07 Å². The molecular weight excluding hydrogens is 166 g/mol. The molecule has 0 aliphatic rings. The van der Waals surface area contributed by atoms with Gasteiger partial charge in [0.15, 0.2) is 0 Å². The van der Waals surface area contributed by atoms with Crippen molar-refractivity contribution in [3.63, 3.8) is 0 Å². The van der Waals surface area contributed by atoms with Gasteiger partial charge in [-0.3, -0.25) is 4.79 Å². The molecule has 0 bridgehead atoms. The predicted octanol–water partition coefficient (Wildman–Crippen LogP) is 1.40. The standard InChI is InChI=1S/C10H13NO2/c1-11(2)10(12)8-5-4-6-9(7-8)13-3/h4-7H,1-3H3. The topological polar surface area (TPSA) is 29.5 Å². The molecule has 3 nitrogen and oxygen atoms in total. The summed E-state index contributed by atoms with van der Waals surface area (Å²) in [7, 11) is 5.03. The van der Waals surface area contributed by atoms with E-state index in [0.717, 1.165) is 0 Å². The molecule has 70 valence electrons. The minimum Gasteiger partial charge on any atom is -0.497 e. The number of hydrogen-bond donors (Lipinski definition) is 0. The molecule has 0 heterocycles. The number of nitrogens with zero attached hydrogens (tertiary/aromatic N) is 1. The Morgan fingerprint density at radius 1 is 1.38 bits per heavy atom. The summed E-state index contributed by atoms with van der Waals surface area (Å²) in [6, 6.07) is 7.11. The van der Waals surface area contributed by atoms with Gasteiger partial charge in [0.2, 0.25) is 0 Å². The number of benzene rings is 1. The Labute approximate surface area is 77.9 Å². The Morgan fingerprint density at radius 2 is 2.08 bits per heavy atom. The van der Waals surface area contributed by atoms with Crippen molar-refractivity contribution in [2.24, 2.45) is 0 Å².